The predicted octanol–water partition coefficient (Wildman–Crippen LogP) is 2.12. The molecule has 0 heterocycles. The smallest absolute Gasteiger partial charge is 0.232 e. The maximum atomic E-state index is 12.2. The van der Waals surface area contributed by atoms with Gasteiger partial charge in [0.15, 0.2) is 0 Å². The molecule has 1 rings (SSSR count). The molecule has 1 aromatic carbocycles. The molecule has 0 radical (unpaired) electrons. The second-order valence-electron chi connectivity index (χ2n) is 4.87. The number of carbonyl (C=O) groups is 2. The molecule has 0 aromatic heterocycles. The molecule has 20 heavy (non-hydrogen) atoms. The molecule has 0 bridgehead atoms. The summed E-state index contributed by atoms with van der Waals surface area (Å²) in [5, 5.41) is 2.62. The van der Waals surface area contributed by atoms with Gasteiger partial charge in [-0.1, -0.05) is 36.4 Å². The molecule has 1 aromatic rings. The molecule has 2 amide bonds. The quantitative estimate of drug-likeness (QED) is 0.611. The van der Waals surface area contributed by atoms with Crippen molar-refractivity contribution >= 4 is 11.8 Å². The van der Waals surface area contributed by atoms with Crippen LogP contribution in [0.5, 0.6) is 0 Å². The standard InChI is InChI=1S/C16H22N2O2/c1-4-10-17-15(19)11-16(20)18(13(2)3)12-14-8-6-5-7-9-14/h4-9,13H,1,10-12H2,2-3H3,(H,17,19). The van der Waals surface area contributed by atoms with Gasteiger partial charge in [0.1, 0.15) is 6.42 Å². The van der Waals surface area contributed by atoms with Crippen molar-refractivity contribution in [3.8, 4) is 0 Å². The largest absolute Gasteiger partial charge is 0.352 e. The lowest BCUT2D eigenvalue weighted by atomic mass is 10.1. The molecule has 0 spiro atoms. The van der Waals surface area contributed by atoms with Crippen molar-refractivity contribution in [2.45, 2.75) is 32.9 Å². The molecule has 108 valence electrons. The van der Waals surface area contributed by atoms with Crippen molar-refractivity contribution in [1.82, 2.24) is 10.2 Å². The van der Waals surface area contributed by atoms with Crippen LogP contribution in [-0.4, -0.2) is 29.3 Å². The molecular weight excluding hydrogens is 252 g/mol. The van der Waals surface area contributed by atoms with E-state index in [2.05, 4.69) is 11.9 Å². The van der Waals surface area contributed by atoms with E-state index >= 15 is 0 Å². The number of carbonyl (C=O) groups excluding carboxylic acids is 2. The summed E-state index contributed by atoms with van der Waals surface area (Å²) >= 11 is 0. The molecule has 0 fully saturated rings. The zero-order chi connectivity index (χ0) is 15.0. The summed E-state index contributed by atoms with van der Waals surface area (Å²) in [6, 6.07) is 9.81. The Morgan fingerprint density at radius 2 is 1.95 bits per heavy atom. The lowest BCUT2D eigenvalue weighted by Crippen LogP contribution is -2.39. The van der Waals surface area contributed by atoms with E-state index in [0.29, 0.717) is 13.1 Å². The van der Waals surface area contributed by atoms with Crippen molar-refractivity contribution in [2.75, 3.05) is 6.54 Å². The van der Waals surface area contributed by atoms with Crippen LogP contribution in [0.1, 0.15) is 25.8 Å². The van der Waals surface area contributed by atoms with Gasteiger partial charge in [-0.05, 0) is 19.4 Å². The second kappa shape index (κ2) is 8.15. The molecule has 0 saturated heterocycles. The predicted molar refractivity (Wildman–Crippen MR) is 80.0 cm³/mol. The first-order valence-electron chi connectivity index (χ1n) is 6.75. The number of rotatable bonds is 7. The topological polar surface area (TPSA) is 49.4 Å². The van der Waals surface area contributed by atoms with E-state index in [4.69, 9.17) is 0 Å². The molecular formula is C16H22N2O2. The van der Waals surface area contributed by atoms with Crippen molar-refractivity contribution in [3.05, 3.63) is 48.6 Å². The maximum Gasteiger partial charge on any atom is 0.232 e. The lowest BCUT2D eigenvalue weighted by Gasteiger charge is -2.26. The maximum absolute atomic E-state index is 12.2. The summed E-state index contributed by atoms with van der Waals surface area (Å²) in [4.78, 5) is 25.5. The number of amides is 2. The Kier molecular flexibility index (Phi) is 6.50. The number of hydrogen-bond acceptors (Lipinski definition) is 2. The Morgan fingerprint density at radius 1 is 1.30 bits per heavy atom. The average Bonchev–Trinajstić information content (AvgIpc) is 2.43. The summed E-state index contributed by atoms with van der Waals surface area (Å²) in [7, 11) is 0. The molecule has 4 heteroatoms. The van der Waals surface area contributed by atoms with Crippen molar-refractivity contribution in [2.24, 2.45) is 0 Å². The van der Waals surface area contributed by atoms with Gasteiger partial charge in [0.2, 0.25) is 11.8 Å². The third-order valence-corrected chi connectivity index (χ3v) is 2.89. The minimum Gasteiger partial charge on any atom is -0.352 e. The van der Waals surface area contributed by atoms with E-state index in [-0.39, 0.29) is 24.3 Å². The van der Waals surface area contributed by atoms with Crippen LogP contribution in [0.2, 0.25) is 0 Å². The monoisotopic (exact) mass is 274 g/mol. The minimum atomic E-state index is -0.270. The van der Waals surface area contributed by atoms with Gasteiger partial charge in [-0.15, -0.1) is 6.58 Å². The van der Waals surface area contributed by atoms with Crippen molar-refractivity contribution in [1.29, 1.82) is 0 Å². The van der Waals surface area contributed by atoms with E-state index in [1.165, 1.54) is 0 Å². The highest BCUT2D eigenvalue weighted by molar-refractivity contribution is 5.97. The highest BCUT2D eigenvalue weighted by atomic mass is 16.2. The van der Waals surface area contributed by atoms with Gasteiger partial charge in [0.25, 0.3) is 0 Å². The first-order valence-corrected chi connectivity index (χ1v) is 6.75. The van der Waals surface area contributed by atoms with Crippen LogP contribution >= 0.6 is 0 Å². The summed E-state index contributed by atoms with van der Waals surface area (Å²) in [5.74, 6) is -0.431. The van der Waals surface area contributed by atoms with Crippen LogP contribution in [0.15, 0.2) is 43.0 Å². The summed E-state index contributed by atoms with van der Waals surface area (Å²) in [5.41, 5.74) is 1.06. The molecule has 0 aliphatic heterocycles. The first-order chi connectivity index (χ1) is 9.54. The fourth-order valence-corrected chi connectivity index (χ4v) is 1.83. The van der Waals surface area contributed by atoms with Crippen LogP contribution in [0.25, 0.3) is 0 Å². The zero-order valence-electron chi connectivity index (χ0n) is 12.1. The number of nitrogens with zero attached hydrogens (tertiary/aromatic N) is 1. The second-order valence-corrected chi connectivity index (χ2v) is 4.87. The number of hydrogen-bond donors (Lipinski definition) is 1. The Hall–Kier alpha value is -2.10. The fraction of sp³-hybridized carbons (Fsp3) is 0.375. The van der Waals surface area contributed by atoms with Gasteiger partial charge in [0, 0.05) is 19.1 Å². The van der Waals surface area contributed by atoms with Gasteiger partial charge < -0.3 is 10.2 Å². The van der Waals surface area contributed by atoms with Crippen molar-refractivity contribution in [3.63, 3.8) is 0 Å². The summed E-state index contributed by atoms with van der Waals surface area (Å²) in [6.07, 6.45) is 1.46. The first kappa shape index (κ1) is 16.0. The lowest BCUT2D eigenvalue weighted by molar-refractivity contribution is -0.137. The minimum absolute atomic E-state index is 0.0508. The third kappa shape index (κ3) is 5.26. The van der Waals surface area contributed by atoms with Crippen LogP contribution < -0.4 is 5.32 Å². The van der Waals surface area contributed by atoms with Crippen LogP contribution in [0, 0.1) is 0 Å². The Labute approximate surface area is 120 Å². The van der Waals surface area contributed by atoms with E-state index < -0.39 is 0 Å². The summed E-state index contributed by atoms with van der Waals surface area (Å²) < 4.78 is 0. The Morgan fingerprint density at radius 3 is 2.50 bits per heavy atom. The van der Waals surface area contributed by atoms with Crippen LogP contribution in [-0.2, 0) is 16.1 Å². The molecule has 0 saturated carbocycles. The summed E-state index contributed by atoms with van der Waals surface area (Å²) in [6.45, 7) is 8.32. The molecule has 4 nitrogen and oxygen atoms in total. The highest BCUT2D eigenvalue weighted by Crippen LogP contribution is 2.09. The zero-order valence-corrected chi connectivity index (χ0v) is 12.1. The number of nitrogens with one attached hydrogen (secondary N) is 1. The van der Waals surface area contributed by atoms with Gasteiger partial charge in [-0.25, -0.2) is 0 Å². The Bertz CT molecular complexity index is 455. The molecule has 0 aliphatic rings. The van der Waals surface area contributed by atoms with Gasteiger partial charge >= 0.3 is 0 Å². The van der Waals surface area contributed by atoms with Gasteiger partial charge in [-0.2, -0.15) is 0 Å². The number of benzene rings is 1. The van der Waals surface area contributed by atoms with Crippen LogP contribution in [0.4, 0.5) is 0 Å². The molecule has 0 atom stereocenters. The van der Waals surface area contributed by atoms with E-state index in [1.807, 2.05) is 44.2 Å². The third-order valence-electron chi connectivity index (χ3n) is 2.89. The normalized spacial score (nSPS) is 10.2. The highest BCUT2D eigenvalue weighted by Gasteiger charge is 2.19. The van der Waals surface area contributed by atoms with Crippen LogP contribution in [0.3, 0.4) is 0 Å². The van der Waals surface area contributed by atoms with Gasteiger partial charge in [0.05, 0.1) is 0 Å². The molecule has 0 unspecified atom stereocenters. The molecule has 0 aliphatic carbocycles. The molecule has 1 N–H and O–H groups in total. The fourth-order valence-electron chi connectivity index (χ4n) is 1.83. The Balaban J connectivity index is 2.64. The average molecular weight is 274 g/mol. The van der Waals surface area contributed by atoms with Gasteiger partial charge in [-0.3, -0.25) is 9.59 Å². The van der Waals surface area contributed by atoms with Crippen molar-refractivity contribution < 1.29 is 9.59 Å². The van der Waals surface area contributed by atoms with E-state index in [0.717, 1.165) is 5.56 Å². The van der Waals surface area contributed by atoms with E-state index in [9.17, 15) is 9.59 Å². The van der Waals surface area contributed by atoms with E-state index in [1.54, 1.807) is 11.0 Å². The SMILES string of the molecule is C=CCNC(=O)CC(=O)N(Cc1ccccc1)C(C)C.